The molecule has 3 aliphatic rings. The summed E-state index contributed by atoms with van der Waals surface area (Å²) in [6, 6.07) is 0. The van der Waals surface area contributed by atoms with Gasteiger partial charge in [0.25, 0.3) is 0 Å². The highest BCUT2D eigenvalue weighted by Gasteiger charge is 2.61. The van der Waals surface area contributed by atoms with Gasteiger partial charge in [0.1, 0.15) is 0 Å². The Morgan fingerprint density at radius 1 is 1.24 bits per heavy atom. The van der Waals surface area contributed by atoms with Gasteiger partial charge in [-0.05, 0) is 50.4 Å². The summed E-state index contributed by atoms with van der Waals surface area (Å²) < 4.78 is 11.0. The van der Waals surface area contributed by atoms with Crippen LogP contribution in [0.15, 0.2) is 12.2 Å². The maximum atomic E-state index is 12.5. The van der Waals surface area contributed by atoms with E-state index in [0.29, 0.717) is 17.8 Å². The molecule has 1 aliphatic heterocycles. The second-order valence-electron chi connectivity index (χ2n) is 7.70. The molecule has 3 nitrogen and oxygen atoms in total. The van der Waals surface area contributed by atoms with Crippen molar-refractivity contribution >= 4 is 5.97 Å². The SMILES string of the molecule is COC(=O)[C@H]1[C@@H]2[C@H](C)C[C@H](C)C[C@@H]2C=C[C@@H]1[C@]1(C)O[C@H]1C. The van der Waals surface area contributed by atoms with Gasteiger partial charge in [-0.2, -0.15) is 0 Å². The number of esters is 1. The van der Waals surface area contributed by atoms with Gasteiger partial charge in [-0.25, -0.2) is 0 Å². The van der Waals surface area contributed by atoms with Gasteiger partial charge < -0.3 is 9.47 Å². The summed E-state index contributed by atoms with van der Waals surface area (Å²) in [5, 5.41) is 0. The Bertz CT molecular complexity index is 457. The summed E-state index contributed by atoms with van der Waals surface area (Å²) in [6.45, 7) is 8.87. The van der Waals surface area contributed by atoms with Crippen LogP contribution in [0.4, 0.5) is 0 Å². The molecule has 0 unspecified atom stereocenters. The van der Waals surface area contributed by atoms with E-state index in [2.05, 4.69) is 39.8 Å². The number of hydrogen-bond donors (Lipinski definition) is 0. The van der Waals surface area contributed by atoms with Crippen molar-refractivity contribution in [2.45, 2.75) is 52.2 Å². The van der Waals surface area contributed by atoms with E-state index in [9.17, 15) is 4.79 Å². The molecule has 1 saturated heterocycles. The number of epoxide rings is 1. The standard InChI is InChI=1S/C18H28O3/c1-10-8-11(2)15-13(9-10)6-7-14(16(15)17(19)20-5)18(4)12(3)21-18/h6-7,10-16H,8-9H2,1-5H3/t10-,11+,12-,13-,14-,15+,16+,18+/m0/s1. The van der Waals surface area contributed by atoms with Crippen molar-refractivity contribution in [3.8, 4) is 0 Å². The summed E-state index contributed by atoms with van der Waals surface area (Å²) in [5.41, 5.74) is -0.191. The van der Waals surface area contributed by atoms with Gasteiger partial charge in [0.2, 0.25) is 0 Å². The van der Waals surface area contributed by atoms with Crippen molar-refractivity contribution in [1.82, 2.24) is 0 Å². The van der Waals surface area contributed by atoms with Crippen LogP contribution in [0.2, 0.25) is 0 Å². The predicted octanol–water partition coefficient (Wildman–Crippen LogP) is 3.44. The van der Waals surface area contributed by atoms with Gasteiger partial charge in [0.05, 0.1) is 24.7 Å². The van der Waals surface area contributed by atoms with Gasteiger partial charge >= 0.3 is 5.97 Å². The first-order chi connectivity index (χ1) is 9.88. The minimum absolute atomic E-state index is 0.0512. The lowest BCUT2D eigenvalue weighted by Crippen LogP contribution is -2.48. The molecule has 0 aromatic carbocycles. The van der Waals surface area contributed by atoms with Crippen LogP contribution in [-0.2, 0) is 14.3 Å². The molecule has 1 heterocycles. The number of allylic oxidation sites excluding steroid dienone is 1. The zero-order valence-electron chi connectivity index (χ0n) is 13.8. The van der Waals surface area contributed by atoms with Crippen molar-refractivity contribution in [3.63, 3.8) is 0 Å². The summed E-state index contributed by atoms with van der Waals surface area (Å²) in [5.74, 6) is 2.27. The lowest BCUT2D eigenvalue weighted by atomic mass is 9.57. The highest BCUT2D eigenvalue weighted by Crippen LogP contribution is 2.55. The fraction of sp³-hybridized carbons (Fsp3) is 0.833. The second kappa shape index (κ2) is 5.12. The minimum atomic E-state index is -0.191. The van der Waals surface area contributed by atoms with Crippen LogP contribution < -0.4 is 0 Å². The molecule has 3 heteroatoms. The van der Waals surface area contributed by atoms with Crippen LogP contribution in [0.3, 0.4) is 0 Å². The first-order valence-corrected chi connectivity index (χ1v) is 8.32. The van der Waals surface area contributed by atoms with Crippen molar-refractivity contribution in [2.24, 2.45) is 35.5 Å². The smallest absolute Gasteiger partial charge is 0.309 e. The molecule has 2 fully saturated rings. The van der Waals surface area contributed by atoms with Crippen LogP contribution >= 0.6 is 0 Å². The van der Waals surface area contributed by atoms with E-state index in [-0.39, 0.29) is 29.5 Å². The average molecular weight is 292 g/mol. The number of carbonyl (C=O) groups is 1. The lowest BCUT2D eigenvalue weighted by molar-refractivity contribution is -0.153. The number of hydrogen-bond acceptors (Lipinski definition) is 3. The lowest BCUT2D eigenvalue weighted by Gasteiger charge is -2.47. The van der Waals surface area contributed by atoms with Crippen LogP contribution in [0.25, 0.3) is 0 Å². The minimum Gasteiger partial charge on any atom is -0.469 e. The first-order valence-electron chi connectivity index (χ1n) is 8.32. The molecular weight excluding hydrogens is 264 g/mol. The molecule has 0 aromatic heterocycles. The highest BCUT2D eigenvalue weighted by molar-refractivity contribution is 5.74. The number of ether oxygens (including phenoxy) is 2. The van der Waals surface area contributed by atoms with Gasteiger partial charge in [-0.3, -0.25) is 4.79 Å². The highest BCUT2D eigenvalue weighted by atomic mass is 16.6. The molecule has 0 amide bonds. The third-order valence-electron chi connectivity index (χ3n) is 6.28. The molecule has 1 saturated carbocycles. The van der Waals surface area contributed by atoms with E-state index < -0.39 is 0 Å². The summed E-state index contributed by atoms with van der Waals surface area (Å²) in [4.78, 5) is 12.5. The molecule has 0 N–H and O–H groups in total. The van der Waals surface area contributed by atoms with Gasteiger partial charge in [0.15, 0.2) is 0 Å². The average Bonchev–Trinajstić information content (AvgIpc) is 3.05. The quantitative estimate of drug-likeness (QED) is 0.444. The molecule has 0 spiro atoms. The van der Waals surface area contributed by atoms with Gasteiger partial charge in [0, 0.05) is 5.92 Å². The van der Waals surface area contributed by atoms with Crippen molar-refractivity contribution in [2.75, 3.05) is 7.11 Å². The Balaban J connectivity index is 1.95. The molecule has 8 atom stereocenters. The maximum Gasteiger partial charge on any atom is 0.309 e. The summed E-state index contributed by atoms with van der Waals surface area (Å²) in [6.07, 6.45) is 7.24. The molecular formula is C18H28O3. The maximum absolute atomic E-state index is 12.5. The second-order valence-corrected chi connectivity index (χ2v) is 7.70. The molecule has 0 radical (unpaired) electrons. The van der Waals surface area contributed by atoms with E-state index in [1.165, 1.54) is 20.0 Å². The van der Waals surface area contributed by atoms with Crippen LogP contribution in [0, 0.1) is 35.5 Å². The number of methoxy groups -OCH3 is 1. The van der Waals surface area contributed by atoms with Crippen LogP contribution in [0.5, 0.6) is 0 Å². The van der Waals surface area contributed by atoms with Gasteiger partial charge in [-0.15, -0.1) is 0 Å². The molecule has 0 bridgehead atoms. The summed E-state index contributed by atoms with van der Waals surface area (Å²) >= 11 is 0. The van der Waals surface area contributed by atoms with Crippen molar-refractivity contribution in [1.29, 1.82) is 0 Å². The first kappa shape index (κ1) is 15.1. The van der Waals surface area contributed by atoms with Crippen LogP contribution in [0.1, 0.15) is 40.5 Å². The Morgan fingerprint density at radius 3 is 2.48 bits per heavy atom. The van der Waals surface area contributed by atoms with Crippen LogP contribution in [-0.4, -0.2) is 24.8 Å². The van der Waals surface area contributed by atoms with E-state index in [4.69, 9.17) is 9.47 Å². The van der Waals surface area contributed by atoms with Crippen molar-refractivity contribution in [3.05, 3.63) is 12.2 Å². The molecule has 2 aliphatic carbocycles. The van der Waals surface area contributed by atoms with E-state index in [1.54, 1.807) is 0 Å². The van der Waals surface area contributed by atoms with Crippen molar-refractivity contribution < 1.29 is 14.3 Å². The predicted molar refractivity (Wildman–Crippen MR) is 81.6 cm³/mol. The largest absolute Gasteiger partial charge is 0.469 e. The van der Waals surface area contributed by atoms with E-state index in [0.717, 1.165) is 5.92 Å². The monoisotopic (exact) mass is 292 g/mol. The number of rotatable bonds is 2. The molecule has 21 heavy (non-hydrogen) atoms. The Hall–Kier alpha value is -0.830. The fourth-order valence-electron chi connectivity index (χ4n) is 5.06. The number of fused-ring (bicyclic) bond motifs is 1. The third-order valence-corrected chi connectivity index (χ3v) is 6.28. The van der Waals surface area contributed by atoms with E-state index in [1.807, 2.05) is 0 Å². The Kier molecular flexibility index (Phi) is 3.67. The zero-order valence-corrected chi connectivity index (χ0v) is 13.8. The third kappa shape index (κ3) is 2.34. The Labute approximate surface area is 128 Å². The van der Waals surface area contributed by atoms with Gasteiger partial charge in [-0.1, -0.05) is 26.0 Å². The summed E-state index contributed by atoms with van der Waals surface area (Å²) in [7, 11) is 1.52. The Morgan fingerprint density at radius 2 is 1.90 bits per heavy atom. The molecule has 0 aromatic rings. The normalized spacial score (nSPS) is 52.1. The van der Waals surface area contributed by atoms with E-state index >= 15 is 0 Å². The molecule has 3 rings (SSSR count). The number of carbonyl (C=O) groups excluding carboxylic acids is 1. The zero-order chi connectivity index (χ0) is 15.4. The topological polar surface area (TPSA) is 38.8 Å². The fourth-order valence-corrected chi connectivity index (χ4v) is 5.06. The molecule has 118 valence electrons.